The third-order valence-electron chi connectivity index (χ3n) is 5.09. The van der Waals surface area contributed by atoms with Crippen LogP contribution in [-0.2, 0) is 5.41 Å². The van der Waals surface area contributed by atoms with E-state index in [9.17, 15) is 0 Å². The van der Waals surface area contributed by atoms with Gasteiger partial charge in [-0.15, -0.1) is 0 Å². The van der Waals surface area contributed by atoms with Gasteiger partial charge in [-0.1, -0.05) is 54.6 Å². The van der Waals surface area contributed by atoms with Gasteiger partial charge in [0.05, 0.1) is 6.04 Å². The third-order valence-corrected chi connectivity index (χ3v) is 5.09. The second-order valence-electron chi connectivity index (χ2n) is 6.84. The van der Waals surface area contributed by atoms with Gasteiger partial charge in [0.15, 0.2) is 0 Å². The van der Waals surface area contributed by atoms with Crippen LogP contribution >= 0.6 is 0 Å². The summed E-state index contributed by atoms with van der Waals surface area (Å²) >= 11 is 0. The largest absolute Gasteiger partial charge is 0.304 e. The highest BCUT2D eigenvalue weighted by Crippen LogP contribution is 2.45. The van der Waals surface area contributed by atoms with Crippen molar-refractivity contribution < 1.29 is 0 Å². The van der Waals surface area contributed by atoms with E-state index in [1.807, 2.05) is 0 Å². The average Bonchev–Trinajstić information content (AvgIpc) is 2.83. The van der Waals surface area contributed by atoms with Gasteiger partial charge in [-0.25, -0.2) is 0 Å². The Kier molecular flexibility index (Phi) is 3.16. The first-order chi connectivity index (χ1) is 10.7. The van der Waals surface area contributed by atoms with Crippen LogP contribution in [0.15, 0.2) is 59.6 Å². The maximum absolute atomic E-state index is 5.09. The Morgan fingerprint density at radius 3 is 2.41 bits per heavy atom. The monoisotopic (exact) mass is 290 g/mol. The first-order valence-electron chi connectivity index (χ1n) is 8.08. The molecule has 1 unspecified atom stereocenters. The molecule has 0 saturated carbocycles. The Balaban J connectivity index is 1.70. The zero-order valence-electron chi connectivity index (χ0n) is 13.3. The predicted octanol–water partition coefficient (Wildman–Crippen LogP) is 3.82. The molecule has 112 valence electrons. The lowest BCUT2D eigenvalue weighted by molar-refractivity contribution is 0.103. The fraction of sp³-hybridized carbons (Fsp3) is 0.350. The van der Waals surface area contributed by atoms with Crippen LogP contribution in [-0.4, -0.2) is 30.7 Å². The molecule has 2 heteroatoms. The van der Waals surface area contributed by atoms with Gasteiger partial charge < -0.3 is 4.90 Å². The number of benzene rings is 2. The fourth-order valence-corrected chi connectivity index (χ4v) is 4.13. The lowest BCUT2D eigenvalue weighted by atomic mass is 9.75. The van der Waals surface area contributed by atoms with Gasteiger partial charge in [0.2, 0.25) is 0 Å². The molecule has 2 nitrogen and oxygen atoms in total. The smallest absolute Gasteiger partial charge is 0.0724 e. The van der Waals surface area contributed by atoms with Gasteiger partial charge in [-0.05, 0) is 30.7 Å². The quantitative estimate of drug-likeness (QED) is 0.821. The van der Waals surface area contributed by atoms with E-state index in [-0.39, 0.29) is 6.04 Å². The lowest BCUT2D eigenvalue weighted by Crippen LogP contribution is -2.56. The van der Waals surface area contributed by atoms with E-state index in [0.29, 0.717) is 5.41 Å². The van der Waals surface area contributed by atoms with Crippen LogP contribution in [0.4, 0.5) is 0 Å². The summed E-state index contributed by atoms with van der Waals surface area (Å²) in [5, 5.41) is 0. The Hall–Kier alpha value is -1.93. The summed E-state index contributed by atoms with van der Waals surface area (Å²) < 4.78 is 0. The van der Waals surface area contributed by atoms with Gasteiger partial charge in [-0.3, -0.25) is 4.99 Å². The van der Waals surface area contributed by atoms with Crippen LogP contribution in [0.3, 0.4) is 0 Å². The van der Waals surface area contributed by atoms with Crippen molar-refractivity contribution in [1.82, 2.24) is 4.90 Å². The van der Waals surface area contributed by atoms with Crippen molar-refractivity contribution in [1.29, 1.82) is 0 Å². The summed E-state index contributed by atoms with van der Waals surface area (Å²) in [6, 6.07) is 19.7. The summed E-state index contributed by atoms with van der Waals surface area (Å²) in [6.45, 7) is 4.51. The molecular weight excluding hydrogens is 268 g/mol. The molecule has 0 bridgehead atoms. The molecule has 22 heavy (non-hydrogen) atoms. The van der Waals surface area contributed by atoms with E-state index < -0.39 is 0 Å². The number of rotatable bonds is 2. The molecule has 1 aliphatic heterocycles. The van der Waals surface area contributed by atoms with Crippen molar-refractivity contribution >= 4 is 5.71 Å². The highest BCUT2D eigenvalue weighted by atomic mass is 15.2. The number of hydrogen-bond acceptors (Lipinski definition) is 2. The van der Waals surface area contributed by atoms with Crippen molar-refractivity contribution in [2.75, 3.05) is 20.1 Å². The third kappa shape index (κ3) is 2.10. The molecule has 1 fully saturated rings. The number of nitrogens with zero attached hydrogens (tertiary/aromatic N) is 2. The van der Waals surface area contributed by atoms with Gasteiger partial charge in [0, 0.05) is 30.6 Å². The summed E-state index contributed by atoms with van der Waals surface area (Å²) in [5.74, 6) is 0. The van der Waals surface area contributed by atoms with E-state index in [4.69, 9.17) is 4.99 Å². The summed E-state index contributed by atoms with van der Waals surface area (Å²) in [4.78, 5) is 7.49. The van der Waals surface area contributed by atoms with Crippen LogP contribution in [0, 0.1) is 0 Å². The van der Waals surface area contributed by atoms with Crippen molar-refractivity contribution in [2.45, 2.75) is 24.8 Å². The van der Waals surface area contributed by atoms with Crippen LogP contribution in [0.2, 0.25) is 0 Å². The zero-order chi connectivity index (χ0) is 15.2. The van der Waals surface area contributed by atoms with Crippen LogP contribution < -0.4 is 0 Å². The molecule has 0 radical (unpaired) electrons. The molecule has 1 heterocycles. The SMILES string of the molecule is CC(/N=C1/CC2(CN(C)C2)c2ccccc21)c1ccccc1. The summed E-state index contributed by atoms with van der Waals surface area (Å²) in [7, 11) is 2.20. The number of likely N-dealkylation sites (N-methyl/N-ethyl adjacent to an activating group) is 1. The highest BCUT2D eigenvalue weighted by molar-refractivity contribution is 6.06. The van der Waals surface area contributed by atoms with Crippen LogP contribution in [0.1, 0.15) is 36.1 Å². The lowest BCUT2D eigenvalue weighted by Gasteiger charge is -2.46. The van der Waals surface area contributed by atoms with Gasteiger partial charge in [-0.2, -0.15) is 0 Å². The Bertz CT molecular complexity index is 711. The molecule has 1 spiro atoms. The summed E-state index contributed by atoms with van der Waals surface area (Å²) in [6.07, 6.45) is 1.09. The molecule has 2 aliphatic rings. The molecule has 1 atom stereocenters. The van der Waals surface area contributed by atoms with Crippen molar-refractivity contribution in [3.63, 3.8) is 0 Å². The van der Waals surface area contributed by atoms with Gasteiger partial charge >= 0.3 is 0 Å². The second-order valence-corrected chi connectivity index (χ2v) is 6.84. The molecule has 2 aromatic rings. The van der Waals surface area contributed by atoms with Crippen LogP contribution in [0.5, 0.6) is 0 Å². The topological polar surface area (TPSA) is 15.6 Å². The standard InChI is InChI=1S/C20H22N2/c1-15(16-8-4-3-5-9-16)21-19-12-20(13-22(2)14-20)18-11-7-6-10-17(18)19/h3-11,15H,12-14H2,1-2H3/b21-19-. The number of likely N-dealkylation sites (tertiary alicyclic amines) is 1. The fourth-order valence-electron chi connectivity index (χ4n) is 4.13. The molecular formula is C20H22N2. The molecule has 1 aliphatic carbocycles. The first kappa shape index (κ1) is 13.7. The van der Waals surface area contributed by atoms with E-state index in [0.717, 1.165) is 19.5 Å². The molecule has 0 aromatic heterocycles. The number of fused-ring (bicyclic) bond motifs is 2. The van der Waals surface area contributed by atoms with Crippen molar-refractivity contribution in [3.05, 3.63) is 71.3 Å². The average molecular weight is 290 g/mol. The molecule has 0 amide bonds. The van der Waals surface area contributed by atoms with E-state index in [1.165, 1.54) is 22.4 Å². The number of hydrogen-bond donors (Lipinski definition) is 0. The van der Waals surface area contributed by atoms with Gasteiger partial charge in [0.1, 0.15) is 0 Å². The van der Waals surface area contributed by atoms with Gasteiger partial charge in [0.25, 0.3) is 0 Å². The molecule has 2 aromatic carbocycles. The Morgan fingerprint density at radius 1 is 1.00 bits per heavy atom. The zero-order valence-corrected chi connectivity index (χ0v) is 13.3. The Labute approximate surface area is 132 Å². The minimum absolute atomic E-state index is 0.220. The number of aliphatic imine (C=N–C) groups is 1. The first-order valence-corrected chi connectivity index (χ1v) is 8.08. The Morgan fingerprint density at radius 2 is 1.68 bits per heavy atom. The molecule has 1 saturated heterocycles. The summed E-state index contributed by atoms with van der Waals surface area (Å²) in [5.41, 5.74) is 5.78. The maximum Gasteiger partial charge on any atom is 0.0724 e. The highest BCUT2D eigenvalue weighted by Gasteiger charge is 2.49. The molecule has 0 N–H and O–H groups in total. The second kappa shape index (κ2) is 5.06. The van der Waals surface area contributed by atoms with E-state index >= 15 is 0 Å². The van der Waals surface area contributed by atoms with E-state index in [2.05, 4.69) is 73.5 Å². The molecule has 4 rings (SSSR count). The minimum Gasteiger partial charge on any atom is -0.304 e. The maximum atomic E-state index is 5.09. The normalized spacial score (nSPS) is 22.5. The van der Waals surface area contributed by atoms with E-state index in [1.54, 1.807) is 0 Å². The minimum atomic E-state index is 0.220. The van der Waals surface area contributed by atoms with Crippen molar-refractivity contribution in [2.24, 2.45) is 4.99 Å². The van der Waals surface area contributed by atoms with Crippen molar-refractivity contribution in [3.8, 4) is 0 Å². The van der Waals surface area contributed by atoms with Crippen LogP contribution in [0.25, 0.3) is 0 Å². The predicted molar refractivity (Wildman–Crippen MR) is 91.6 cm³/mol.